The van der Waals surface area contributed by atoms with E-state index < -0.39 is 0 Å². The van der Waals surface area contributed by atoms with Gasteiger partial charge in [-0.1, -0.05) is 30.3 Å². The first-order chi connectivity index (χ1) is 13.2. The van der Waals surface area contributed by atoms with Crippen LogP contribution in [0.1, 0.15) is 5.56 Å². The number of nitrogens with one attached hydrogen (secondary N) is 1. The number of rotatable bonds is 7. The Kier molecular flexibility index (Phi) is 5.89. The minimum atomic E-state index is -0.360. The van der Waals surface area contributed by atoms with Gasteiger partial charge in [0.2, 0.25) is 0 Å². The second-order valence-corrected chi connectivity index (χ2v) is 5.66. The van der Waals surface area contributed by atoms with Crippen molar-refractivity contribution in [1.29, 1.82) is 0 Å². The molecular weight excluding hydrogens is 344 g/mol. The molecule has 0 heterocycles. The number of ether oxygens (including phenoxy) is 3. The highest BCUT2D eigenvalue weighted by Gasteiger charge is 2.06. The highest BCUT2D eigenvalue weighted by molar-refractivity contribution is 6.02. The van der Waals surface area contributed by atoms with E-state index in [-0.39, 0.29) is 12.5 Å². The van der Waals surface area contributed by atoms with E-state index in [2.05, 4.69) is 10.5 Å². The molecule has 1 amide bonds. The standard InChI is InChI=1S/C21H20N2O4/c1-25-16-8-10-17(11-9-16)27-14-21(24)23-22-13-19-18-6-4-3-5-15(18)7-12-20(19)26-2/h3-13H,14H2,1-2H3,(H,23,24)/b22-13-. The van der Waals surface area contributed by atoms with E-state index in [1.54, 1.807) is 44.7 Å². The number of methoxy groups -OCH3 is 2. The average molecular weight is 364 g/mol. The lowest BCUT2D eigenvalue weighted by molar-refractivity contribution is -0.123. The summed E-state index contributed by atoms with van der Waals surface area (Å²) in [5, 5.41) is 6.09. The van der Waals surface area contributed by atoms with Gasteiger partial charge in [0.1, 0.15) is 17.2 Å². The smallest absolute Gasteiger partial charge is 0.277 e. The molecule has 0 bridgehead atoms. The van der Waals surface area contributed by atoms with Crippen molar-refractivity contribution in [3.05, 3.63) is 66.2 Å². The number of benzene rings is 3. The SMILES string of the molecule is COc1ccc(OCC(=O)N/N=C\c2c(OC)ccc3ccccc23)cc1. The molecule has 0 saturated carbocycles. The van der Waals surface area contributed by atoms with Gasteiger partial charge in [0.05, 0.1) is 20.4 Å². The monoisotopic (exact) mass is 364 g/mol. The Balaban J connectivity index is 1.63. The first-order valence-corrected chi connectivity index (χ1v) is 8.36. The molecule has 0 saturated heterocycles. The van der Waals surface area contributed by atoms with Crippen LogP contribution in [-0.2, 0) is 4.79 Å². The van der Waals surface area contributed by atoms with Crippen molar-refractivity contribution in [1.82, 2.24) is 5.43 Å². The molecule has 3 aromatic rings. The Morgan fingerprint density at radius 3 is 2.44 bits per heavy atom. The molecule has 3 aromatic carbocycles. The molecule has 0 aliphatic rings. The fourth-order valence-electron chi connectivity index (χ4n) is 2.61. The molecule has 0 spiro atoms. The van der Waals surface area contributed by atoms with Crippen LogP contribution in [0.15, 0.2) is 65.8 Å². The van der Waals surface area contributed by atoms with Crippen LogP contribution < -0.4 is 19.6 Å². The lowest BCUT2D eigenvalue weighted by Gasteiger charge is -2.08. The zero-order valence-electron chi connectivity index (χ0n) is 15.1. The van der Waals surface area contributed by atoms with Crippen LogP contribution in [0.2, 0.25) is 0 Å². The minimum Gasteiger partial charge on any atom is -0.497 e. The molecule has 27 heavy (non-hydrogen) atoms. The van der Waals surface area contributed by atoms with E-state index >= 15 is 0 Å². The van der Waals surface area contributed by atoms with Gasteiger partial charge in [-0.25, -0.2) is 5.43 Å². The molecule has 0 fully saturated rings. The maximum absolute atomic E-state index is 11.9. The first-order valence-electron chi connectivity index (χ1n) is 8.36. The van der Waals surface area contributed by atoms with Crippen LogP contribution in [0.3, 0.4) is 0 Å². The van der Waals surface area contributed by atoms with Crippen molar-refractivity contribution in [3.8, 4) is 17.2 Å². The number of hydrogen-bond donors (Lipinski definition) is 1. The van der Waals surface area contributed by atoms with Crippen LogP contribution in [0.25, 0.3) is 10.8 Å². The number of fused-ring (bicyclic) bond motifs is 1. The summed E-state index contributed by atoms with van der Waals surface area (Å²) in [5.74, 6) is 1.62. The van der Waals surface area contributed by atoms with Crippen molar-refractivity contribution in [2.24, 2.45) is 5.10 Å². The number of nitrogens with zero attached hydrogens (tertiary/aromatic N) is 1. The van der Waals surface area contributed by atoms with E-state index in [0.717, 1.165) is 22.1 Å². The summed E-state index contributed by atoms with van der Waals surface area (Å²) in [6.07, 6.45) is 1.58. The summed E-state index contributed by atoms with van der Waals surface area (Å²) in [6.45, 7) is -0.143. The number of carbonyl (C=O) groups is 1. The number of carbonyl (C=O) groups excluding carboxylic acids is 1. The molecule has 0 aliphatic heterocycles. The fourth-order valence-corrected chi connectivity index (χ4v) is 2.61. The second kappa shape index (κ2) is 8.71. The molecule has 0 aliphatic carbocycles. The normalized spacial score (nSPS) is 10.7. The second-order valence-electron chi connectivity index (χ2n) is 5.66. The highest BCUT2D eigenvalue weighted by atomic mass is 16.5. The maximum atomic E-state index is 11.9. The van der Waals surface area contributed by atoms with E-state index in [0.29, 0.717) is 11.5 Å². The molecule has 0 atom stereocenters. The van der Waals surface area contributed by atoms with Gasteiger partial charge < -0.3 is 14.2 Å². The van der Waals surface area contributed by atoms with E-state index in [1.165, 1.54) is 0 Å². The first kappa shape index (κ1) is 18.3. The zero-order chi connectivity index (χ0) is 19.1. The molecular formula is C21H20N2O4. The van der Waals surface area contributed by atoms with Gasteiger partial charge in [-0.05, 0) is 41.1 Å². The number of hydrazone groups is 1. The lowest BCUT2D eigenvalue weighted by atomic mass is 10.0. The lowest BCUT2D eigenvalue weighted by Crippen LogP contribution is -2.24. The molecule has 1 N–H and O–H groups in total. The summed E-state index contributed by atoms with van der Waals surface area (Å²) in [7, 11) is 3.19. The Hall–Kier alpha value is -3.54. The molecule has 0 radical (unpaired) electrons. The Morgan fingerprint density at radius 2 is 1.70 bits per heavy atom. The summed E-state index contributed by atoms with van der Waals surface area (Å²) in [6, 6.07) is 18.7. The van der Waals surface area contributed by atoms with E-state index in [4.69, 9.17) is 14.2 Å². The molecule has 3 rings (SSSR count). The van der Waals surface area contributed by atoms with Crippen LogP contribution in [0.4, 0.5) is 0 Å². The van der Waals surface area contributed by atoms with Crippen molar-refractivity contribution in [2.45, 2.75) is 0 Å². The van der Waals surface area contributed by atoms with Gasteiger partial charge in [-0.15, -0.1) is 0 Å². The van der Waals surface area contributed by atoms with Gasteiger partial charge in [0, 0.05) is 5.56 Å². The van der Waals surface area contributed by atoms with E-state index in [1.807, 2.05) is 36.4 Å². The minimum absolute atomic E-state index is 0.143. The van der Waals surface area contributed by atoms with Gasteiger partial charge in [0.25, 0.3) is 5.91 Å². The zero-order valence-corrected chi connectivity index (χ0v) is 15.1. The van der Waals surface area contributed by atoms with Crippen LogP contribution in [0, 0.1) is 0 Å². The Labute approximate surface area is 157 Å². The summed E-state index contributed by atoms with van der Waals surface area (Å²) in [4.78, 5) is 11.9. The molecule has 138 valence electrons. The van der Waals surface area contributed by atoms with Crippen LogP contribution in [0.5, 0.6) is 17.2 Å². The third-order valence-corrected chi connectivity index (χ3v) is 3.96. The summed E-state index contributed by atoms with van der Waals surface area (Å²) >= 11 is 0. The third kappa shape index (κ3) is 4.55. The summed E-state index contributed by atoms with van der Waals surface area (Å²) in [5.41, 5.74) is 3.26. The Bertz CT molecular complexity index is 952. The van der Waals surface area contributed by atoms with Crippen molar-refractivity contribution in [2.75, 3.05) is 20.8 Å². The topological polar surface area (TPSA) is 69.2 Å². The van der Waals surface area contributed by atoms with Crippen molar-refractivity contribution < 1.29 is 19.0 Å². The molecule has 0 aromatic heterocycles. The maximum Gasteiger partial charge on any atom is 0.277 e. The number of amides is 1. The average Bonchev–Trinajstić information content (AvgIpc) is 2.72. The van der Waals surface area contributed by atoms with Crippen molar-refractivity contribution >= 4 is 22.9 Å². The van der Waals surface area contributed by atoms with Crippen LogP contribution in [-0.4, -0.2) is 32.9 Å². The van der Waals surface area contributed by atoms with Crippen molar-refractivity contribution in [3.63, 3.8) is 0 Å². The van der Waals surface area contributed by atoms with E-state index in [9.17, 15) is 4.79 Å². The predicted molar refractivity (Wildman–Crippen MR) is 105 cm³/mol. The van der Waals surface area contributed by atoms with Crippen LogP contribution >= 0.6 is 0 Å². The predicted octanol–water partition coefficient (Wildman–Crippen LogP) is 3.39. The fraction of sp³-hybridized carbons (Fsp3) is 0.143. The molecule has 0 unspecified atom stereocenters. The third-order valence-electron chi connectivity index (χ3n) is 3.96. The number of hydrogen-bond acceptors (Lipinski definition) is 5. The molecule has 6 nitrogen and oxygen atoms in total. The van der Waals surface area contributed by atoms with Gasteiger partial charge in [0.15, 0.2) is 6.61 Å². The van der Waals surface area contributed by atoms with Gasteiger partial charge >= 0.3 is 0 Å². The largest absolute Gasteiger partial charge is 0.497 e. The quantitative estimate of drug-likeness (QED) is 0.515. The van der Waals surface area contributed by atoms with Gasteiger partial charge in [-0.2, -0.15) is 5.10 Å². The summed E-state index contributed by atoms with van der Waals surface area (Å²) < 4.78 is 15.9. The Morgan fingerprint density at radius 1 is 0.963 bits per heavy atom. The highest BCUT2D eigenvalue weighted by Crippen LogP contribution is 2.26. The van der Waals surface area contributed by atoms with Gasteiger partial charge in [-0.3, -0.25) is 4.79 Å². The molecule has 6 heteroatoms.